The number of aliphatic hydroxyl groups excluding tert-OH is 1. The lowest BCUT2D eigenvalue weighted by molar-refractivity contribution is 0.281. The Bertz CT molecular complexity index is 584. The number of nitrogens with zero attached hydrogens (tertiary/aromatic N) is 1. The van der Waals surface area contributed by atoms with Gasteiger partial charge in [-0.1, -0.05) is 13.0 Å². The Morgan fingerprint density at radius 1 is 1.21 bits per heavy atom. The molecule has 0 aliphatic rings. The molecule has 1 aromatic carbocycles. The number of aliphatic hydroxyl groups is 1. The Morgan fingerprint density at radius 2 is 1.95 bits per heavy atom. The van der Waals surface area contributed by atoms with Crippen molar-refractivity contribution in [2.45, 2.75) is 26.9 Å². The molecule has 0 saturated heterocycles. The maximum Gasteiger partial charge on any atom is 0.166 e. The maximum atomic E-state index is 13.8. The lowest BCUT2D eigenvalue weighted by atomic mass is 10.2. The SMILES string of the molecule is CCc1nc(C)ccc1Oc1ccc(CO)cc1F. The first kappa shape index (κ1) is 13.5. The van der Waals surface area contributed by atoms with Crippen molar-refractivity contribution in [3.05, 3.63) is 53.1 Å². The minimum Gasteiger partial charge on any atom is -0.452 e. The second kappa shape index (κ2) is 5.80. The number of aromatic nitrogens is 1. The van der Waals surface area contributed by atoms with Crippen LogP contribution >= 0.6 is 0 Å². The predicted octanol–water partition coefficient (Wildman–Crippen LogP) is 3.38. The topological polar surface area (TPSA) is 42.4 Å². The number of ether oxygens (including phenoxy) is 1. The van der Waals surface area contributed by atoms with E-state index in [9.17, 15) is 4.39 Å². The van der Waals surface area contributed by atoms with Crippen molar-refractivity contribution in [1.29, 1.82) is 0 Å². The number of hydrogen-bond acceptors (Lipinski definition) is 3. The van der Waals surface area contributed by atoms with Gasteiger partial charge in [-0.3, -0.25) is 4.98 Å². The van der Waals surface area contributed by atoms with Crippen molar-refractivity contribution < 1.29 is 14.2 Å². The quantitative estimate of drug-likeness (QED) is 0.917. The highest BCUT2D eigenvalue weighted by molar-refractivity contribution is 5.37. The van der Waals surface area contributed by atoms with Gasteiger partial charge in [0.2, 0.25) is 0 Å². The van der Waals surface area contributed by atoms with Crippen LogP contribution in [0.1, 0.15) is 23.9 Å². The zero-order chi connectivity index (χ0) is 13.8. The Kier molecular flexibility index (Phi) is 4.12. The molecule has 0 amide bonds. The largest absolute Gasteiger partial charge is 0.452 e. The first-order valence-corrected chi connectivity index (χ1v) is 6.17. The molecule has 0 bridgehead atoms. The summed E-state index contributed by atoms with van der Waals surface area (Å²) in [5.41, 5.74) is 2.22. The number of rotatable bonds is 4. The van der Waals surface area contributed by atoms with E-state index in [2.05, 4.69) is 4.98 Å². The van der Waals surface area contributed by atoms with E-state index in [1.807, 2.05) is 19.9 Å². The van der Waals surface area contributed by atoms with Crippen molar-refractivity contribution in [3.63, 3.8) is 0 Å². The summed E-state index contributed by atoms with van der Waals surface area (Å²) in [6.45, 7) is 3.68. The molecule has 0 atom stereocenters. The van der Waals surface area contributed by atoms with Crippen LogP contribution in [0.3, 0.4) is 0 Å². The van der Waals surface area contributed by atoms with E-state index in [4.69, 9.17) is 9.84 Å². The van der Waals surface area contributed by atoms with E-state index in [1.165, 1.54) is 12.1 Å². The molecule has 1 aromatic heterocycles. The van der Waals surface area contributed by atoms with Gasteiger partial charge >= 0.3 is 0 Å². The van der Waals surface area contributed by atoms with Crippen molar-refractivity contribution in [2.75, 3.05) is 0 Å². The fraction of sp³-hybridized carbons (Fsp3) is 0.267. The van der Waals surface area contributed by atoms with Crippen LogP contribution in [0.2, 0.25) is 0 Å². The lowest BCUT2D eigenvalue weighted by Gasteiger charge is -2.11. The first-order valence-electron chi connectivity index (χ1n) is 6.17. The molecular formula is C15H16FNO2. The summed E-state index contributed by atoms with van der Waals surface area (Å²) >= 11 is 0. The summed E-state index contributed by atoms with van der Waals surface area (Å²) in [7, 11) is 0. The number of aryl methyl sites for hydroxylation is 2. The van der Waals surface area contributed by atoms with E-state index in [1.54, 1.807) is 12.1 Å². The van der Waals surface area contributed by atoms with E-state index in [0.29, 0.717) is 17.7 Å². The fourth-order valence-electron chi connectivity index (χ4n) is 1.79. The number of halogens is 1. The summed E-state index contributed by atoms with van der Waals surface area (Å²) in [4.78, 5) is 4.36. The van der Waals surface area contributed by atoms with Crippen molar-refractivity contribution in [2.24, 2.45) is 0 Å². The second-order valence-corrected chi connectivity index (χ2v) is 4.28. The molecule has 1 heterocycles. The zero-order valence-corrected chi connectivity index (χ0v) is 11.0. The van der Waals surface area contributed by atoms with Crippen LogP contribution in [0.25, 0.3) is 0 Å². The average Bonchev–Trinajstić information content (AvgIpc) is 2.42. The van der Waals surface area contributed by atoms with Crippen LogP contribution in [0, 0.1) is 12.7 Å². The number of benzene rings is 1. The molecule has 0 spiro atoms. The molecule has 0 fully saturated rings. The van der Waals surface area contributed by atoms with Gasteiger partial charge in [-0.05, 0) is 43.2 Å². The summed E-state index contributed by atoms with van der Waals surface area (Å²) in [6.07, 6.45) is 0.716. The molecule has 2 rings (SSSR count). The molecule has 0 radical (unpaired) electrons. The van der Waals surface area contributed by atoms with Gasteiger partial charge in [-0.2, -0.15) is 0 Å². The summed E-state index contributed by atoms with van der Waals surface area (Å²) in [5, 5.41) is 8.94. The standard InChI is InChI=1S/C15H16FNO2/c1-3-13-15(6-4-10(2)17-13)19-14-7-5-11(9-18)8-12(14)16/h4-8,18H,3,9H2,1-2H3. The highest BCUT2D eigenvalue weighted by Gasteiger charge is 2.09. The van der Waals surface area contributed by atoms with Crippen LogP contribution in [0.15, 0.2) is 30.3 Å². The molecule has 0 unspecified atom stereocenters. The Labute approximate surface area is 111 Å². The normalized spacial score (nSPS) is 10.5. The molecule has 100 valence electrons. The lowest BCUT2D eigenvalue weighted by Crippen LogP contribution is -1.97. The third-order valence-electron chi connectivity index (χ3n) is 2.81. The van der Waals surface area contributed by atoms with E-state index in [0.717, 1.165) is 11.4 Å². The molecule has 2 aromatic rings. The van der Waals surface area contributed by atoms with Gasteiger partial charge in [0.05, 0.1) is 12.3 Å². The molecule has 3 nitrogen and oxygen atoms in total. The zero-order valence-electron chi connectivity index (χ0n) is 11.0. The van der Waals surface area contributed by atoms with Gasteiger partial charge in [0, 0.05) is 5.69 Å². The van der Waals surface area contributed by atoms with Crippen LogP contribution in [-0.2, 0) is 13.0 Å². The van der Waals surface area contributed by atoms with Crippen LogP contribution in [-0.4, -0.2) is 10.1 Å². The summed E-state index contributed by atoms with van der Waals surface area (Å²) in [5.74, 6) is 0.204. The molecule has 0 saturated carbocycles. The molecular weight excluding hydrogens is 245 g/mol. The molecule has 0 aliphatic carbocycles. The van der Waals surface area contributed by atoms with Crippen molar-refractivity contribution >= 4 is 0 Å². The Morgan fingerprint density at radius 3 is 2.58 bits per heavy atom. The van der Waals surface area contributed by atoms with Gasteiger partial charge in [-0.25, -0.2) is 4.39 Å². The van der Waals surface area contributed by atoms with Crippen LogP contribution in [0.5, 0.6) is 11.5 Å². The van der Waals surface area contributed by atoms with Gasteiger partial charge < -0.3 is 9.84 Å². The Balaban J connectivity index is 2.31. The van der Waals surface area contributed by atoms with Crippen LogP contribution in [0.4, 0.5) is 4.39 Å². The summed E-state index contributed by atoms with van der Waals surface area (Å²) < 4.78 is 19.3. The molecule has 19 heavy (non-hydrogen) atoms. The van der Waals surface area contributed by atoms with Gasteiger partial charge in [-0.15, -0.1) is 0 Å². The van der Waals surface area contributed by atoms with Crippen LogP contribution < -0.4 is 4.74 Å². The first-order chi connectivity index (χ1) is 9.13. The third-order valence-corrected chi connectivity index (χ3v) is 2.81. The summed E-state index contributed by atoms with van der Waals surface area (Å²) in [6, 6.07) is 8.03. The smallest absolute Gasteiger partial charge is 0.166 e. The van der Waals surface area contributed by atoms with Gasteiger partial charge in [0.25, 0.3) is 0 Å². The van der Waals surface area contributed by atoms with Gasteiger partial charge in [0.15, 0.2) is 11.6 Å². The molecule has 1 N–H and O–H groups in total. The van der Waals surface area contributed by atoms with Crippen molar-refractivity contribution in [3.8, 4) is 11.5 Å². The average molecular weight is 261 g/mol. The van der Waals surface area contributed by atoms with E-state index < -0.39 is 5.82 Å². The van der Waals surface area contributed by atoms with Gasteiger partial charge in [0.1, 0.15) is 5.75 Å². The van der Waals surface area contributed by atoms with E-state index in [-0.39, 0.29) is 12.4 Å². The number of hydrogen-bond donors (Lipinski definition) is 1. The predicted molar refractivity (Wildman–Crippen MR) is 70.7 cm³/mol. The highest BCUT2D eigenvalue weighted by Crippen LogP contribution is 2.27. The fourth-order valence-corrected chi connectivity index (χ4v) is 1.79. The molecule has 0 aliphatic heterocycles. The highest BCUT2D eigenvalue weighted by atomic mass is 19.1. The minimum absolute atomic E-state index is 0.137. The monoisotopic (exact) mass is 261 g/mol. The number of pyridine rings is 1. The second-order valence-electron chi connectivity index (χ2n) is 4.28. The third kappa shape index (κ3) is 3.09. The maximum absolute atomic E-state index is 13.8. The van der Waals surface area contributed by atoms with Crippen molar-refractivity contribution in [1.82, 2.24) is 4.98 Å². The van der Waals surface area contributed by atoms with E-state index >= 15 is 0 Å². The minimum atomic E-state index is -0.492. The Hall–Kier alpha value is -1.94. The molecule has 4 heteroatoms.